The summed E-state index contributed by atoms with van der Waals surface area (Å²) in [5, 5.41) is 12.4. The number of rotatable bonds is 3. The Bertz CT molecular complexity index is 540. The Kier molecular flexibility index (Phi) is 3.80. The maximum Gasteiger partial charge on any atom is 0.123 e. The minimum atomic E-state index is -0.658. The Morgan fingerprint density at radius 3 is 2.44 bits per heavy atom. The predicted octanol–water partition coefficient (Wildman–Crippen LogP) is 2.73. The number of nitrogens with zero attached hydrogens (tertiary/aromatic N) is 1. The standard InChI is InChI=1S/C14H18N2OS/c1-8-4-9(2)13(10(3)5-8)11-7-18-14(16-11)12(17)6-15/h4-5,7,12,17H,6,15H2,1-3H3. The molecule has 0 aliphatic heterocycles. The van der Waals surface area contributed by atoms with Crippen molar-refractivity contribution in [3.63, 3.8) is 0 Å². The van der Waals surface area contributed by atoms with E-state index in [1.807, 2.05) is 5.38 Å². The molecule has 2 aromatic rings. The highest BCUT2D eigenvalue weighted by molar-refractivity contribution is 7.10. The molecule has 1 aromatic heterocycles. The van der Waals surface area contributed by atoms with Crippen LogP contribution in [0.5, 0.6) is 0 Å². The summed E-state index contributed by atoms with van der Waals surface area (Å²) in [5.74, 6) is 0. The quantitative estimate of drug-likeness (QED) is 0.894. The van der Waals surface area contributed by atoms with Gasteiger partial charge in [0.05, 0.1) is 5.69 Å². The van der Waals surface area contributed by atoms with E-state index in [1.165, 1.54) is 28.0 Å². The van der Waals surface area contributed by atoms with Crippen LogP contribution in [-0.2, 0) is 0 Å². The maximum atomic E-state index is 9.70. The topological polar surface area (TPSA) is 59.1 Å². The van der Waals surface area contributed by atoms with Crippen molar-refractivity contribution in [2.24, 2.45) is 5.73 Å². The molecule has 0 amide bonds. The summed E-state index contributed by atoms with van der Waals surface area (Å²) < 4.78 is 0. The molecule has 0 fully saturated rings. The second-order valence-electron chi connectivity index (χ2n) is 4.60. The first-order valence-electron chi connectivity index (χ1n) is 5.94. The van der Waals surface area contributed by atoms with Gasteiger partial charge in [0.15, 0.2) is 0 Å². The number of hydrogen-bond acceptors (Lipinski definition) is 4. The van der Waals surface area contributed by atoms with E-state index in [2.05, 4.69) is 37.9 Å². The number of aromatic nitrogens is 1. The molecule has 96 valence electrons. The van der Waals surface area contributed by atoms with E-state index in [0.29, 0.717) is 5.01 Å². The second-order valence-corrected chi connectivity index (χ2v) is 5.49. The Morgan fingerprint density at radius 2 is 1.89 bits per heavy atom. The molecule has 2 rings (SSSR count). The highest BCUT2D eigenvalue weighted by Gasteiger charge is 2.14. The van der Waals surface area contributed by atoms with Crippen molar-refractivity contribution in [1.82, 2.24) is 4.98 Å². The summed E-state index contributed by atoms with van der Waals surface area (Å²) in [4.78, 5) is 4.49. The number of nitrogens with two attached hydrogens (primary N) is 1. The van der Waals surface area contributed by atoms with E-state index in [0.717, 1.165) is 11.3 Å². The fraction of sp³-hybridized carbons (Fsp3) is 0.357. The molecule has 0 spiro atoms. The fourth-order valence-electron chi connectivity index (χ4n) is 2.24. The van der Waals surface area contributed by atoms with Crippen LogP contribution in [-0.4, -0.2) is 16.6 Å². The van der Waals surface area contributed by atoms with Gasteiger partial charge in [0.25, 0.3) is 0 Å². The summed E-state index contributed by atoms with van der Waals surface area (Å²) >= 11 is 1.46. The average Bonchev–Trinajstić information content (AvgIpc) is 2.76. The lowest BCUT2D eigenvalue weighted by Gasteiger charge is -2.09. The van der Waals surface area contributed by atoms with Crippen LogP contribution in [0.25, 0.3) is 11.3 Å². The van der Waals surface area contributed by atoms with Gasteiger partial charge >= 0.3 is 0 Å². The van der Waals surface area contributed by atoms with E-state index in [9.17, 15) is 5.11 Å². The maximum absolute atomic E-state index is 9.70. The van der Waals surface area contributed by atoms with Crippen LogP contribution in [0, 0.1) is 20.8 Å². The van der Waals surface area contributed by atoms with Crippen molar-refractivity contribution in [2.45, 2.75) is 26.9 Å². The molecule has 0 aliphatic carbocycles. The van der Waals surface area contributed by atoms with Crippen molar-refractivity contribution in [1.29, 1.82) is 0 Å². The summed E-state index contributed by atoms with van der Waals surface area (Å²) in [6.45, 7) is 6.48. The molecule has 1 aromatic carbocycles. The Balaban J connectivity index is 2.46. The summed E-state index contributed by atoms with van der Waals surface area (Å²) in [7, 11) is 0. The second kappa shape index (κ2) is 5.18. The number of aryl methyl sites for hydroxylation is 3. The van der Waals surface area contributed by atoms with Crippen LogP contribution >= 0.6 is 11.3 Å². The number of aliphatic hydroxyl groups excluding tert-OH is 1. The lowest BCUT2D eigenvalue weighted by atomic mass is 9.98. The van der Waals surface area contributed by atoms with Crippen molar-refractivity contribution in [2.75, 3.05) is 6.54 Å². The van der Waals surface area contributed by atoms with Gasteiger partial charge in [-0.25, -0.2) is 4.98 Å². The van der Waals surface area contributed by atoms with Crippen LogP contribution in [0.1, 0.15) is 27.8 Å². The largest absolute Gasteiger partial charge is 0.385 e. The number of aliphatic hydroxyl groups is 1. The van der Waals surface area contributed by atoms with Crippen LogP contribution in [0.4, 0.5) is 0 Å². The van der Waals surface area contributed by atoms with Crippen molar-refractivity contribution in [3.8, 4) is 11.3 Å². The molecule has 1 atom stereocenters. The Morgan fingerprint density at radius 1 is 1.28 bits per heavy atom. The Hall–Kier alpha value is -1.23. The smallest absolute Gasteiger partial charge is 0.123 e. The zero-order chi connectivity index (χ0) is 13.3. The first-order valence-corrected chi connectivity index (χ1v) is 6.82. The predicted molar refractivity (Wildman–Crippen MR) is 75.8 cm³/mol. The monoisotopic (exact) mass is 262 g/mol. The van der Waals surface area contributed by atoms with Gasteiger partial charge < -0.3 is 10.8 Å². The highest BCUT2D eigenvalue weighted by Crippen LogP contribution is 2.30. The molecule has 4 heteroatoms. The zero-order valence-electron chi connectivity index (χ0n) is 10.9. The number of hydrogen-bond donors (Lipinski definition) is 2. The van der Waals surface area contributed by atoms with Crippen LogP contribution in [0.15, 0.2) is 17.5 Å². The molecule has 1 heterocycles. The first kappa shape index (κ1) is 13.2. The summed E-state index contributed by atoms with van der Waals surface area (Å²) in [5.41, 5.74) is 11.2. The molecule has 0 saturated heterocycles. The lowest BCUT2D eigenvalue weighted by molar-refractivity contribution is 0.186. The molecule has 18 heavy (non-hydrogen) atoms. The third-order valence-corrected chi connectivity index (χ3v) is 3.91. The third-order valence-electron chi connectivity index (χ3n) is 2.96. The molecule has 1 unspecified atom stereocenters. The molecular weight excluding hydrogens is 244 g/mol. The fourth-order valence-corrected chi connectivity index (χ4v) is 3.05. The van der Waals surface area contributed by atoms with E-state index in [1.54, 1.807) is 0 Å². The first-order chi connectivity index (χ1) is 8.52. The summed E-state index contributed by atoms with van der Waals surface area (Å²) in [6, 6.07) is 4.31. The van der Waals surface area contributed by atoms with E-state index in [-0.39, 0.29) is 6.54 Å². The SMILES string of the molecule is Cc1cc(C)c(-c2csc(C(O)CN)n2)c(C)c1. The average molecular weight is 262 g/mol. The van der Waals surface area contributed by atoms with Crippen molar-refractivity contribution < 1.29 is 5.11 Å². The minimum absolute atomic E-state index is 0.207. The van der Waals surface area contributed by atoms with Gasteiger partial charge in [-0.05, 0) is 31.9 Å². The number of thiazole rings is 1. The van der Waals surface area contributed by atoms with Crippen LogP contribution < -0.4 is 5.73 Å². The molecule has 0 aliphatic rings. The van der Waals surface area contributed by atoms with Gasteiger partial charge in [0.1, 0.15) is 11.1 Å². The van der Waals surface area contributed by atoms with Crippen molar-refractivity contribution in [3.05, 3.63) is 39.2 Å². The third kappa shape index (κ3) is 2.46. The molecular formula is C14H18N2OS. The number of benzene rings is 1. The van der Waals surface area contributed by atoms with Crippen LogP contribution in [0.3, 0.4) is 0 Å². The molecule has 0 saturated carbocycles. The van der Waals surface area contributed by atoms with Gasteiger partial charge in [-0.3, -0.25) is 0 Å². The molecule has 0 bridgehead atoms. The van der Waals surface area contributed by atoms with Gasteiger partial charge in [-0.15, -0.1) is 11.3 Å². The van der Waals surface area contributed by atoms with E-state index < -0.39 is 6.10 Å². The van der Waals surface area contributed by atoms with Gasteiger partial charge in [-0.2, -0.15) is 0 Å². The van der Waals surface area contributed by atoms with Crippen LogP contribution in [0.2, 0.25) is 0 Å². The summed E-state index contributed by atoms with van der Waals surface area (Å²) in [6.07, 6.45) is -0.658. The molecule has 3 N–H and O–H groups in total. The van der Waals surface area contributed by atoms with Gasteiger partial charge in [0, 0.05) is 17.5 Å². The highest BCUT2D eigenvalue weighted by atomic mass is 32.1. The Labute approximate surface area is 111 Å². The normalized spacial score (nSPS) is 12.7. The van der Waals surface area contributed by atoms with E-state index >= 15 is 0 Å². The molecule has 3 nitrogen and oxygen atoms in total. The minimum Gasteiger partial charge on any atom is -0.385 e. The van der Waals surface area contributed by atoms with Crippen molar-refractivity contribution >= 4 is 11.3 Å². The lowest BCUT2D eigenvalue weighted by Crippen LogP contribution is -2.11. The van der Waals surface area contributed by atoms with Gasteiger partial charge in [0.2, 0.25) is 0 Å². The van der Waals surface area contributed by atoms with E-state index in [4.69, 9.17) is 5.73 Å². The van der Waals surface area contributed by atoms with Gasteiger partial charge in [-0.1, -0.05) is 17.7 Å². The molecule has 0 radical (unpaired) electrons. The zero-order valence-corrected chi connectivity index (χ0v) is 11.7.